The van der Waals surface area contributed by atoms with E-state index >= 15 is 0 Å². The molecule has 0 bridgehead atoms. The second-order valence-corrected chi connectivity index (χ2v) is 4.85. The van der Waals surface area contributed by atoms with Crippen LogP contribution in [0.1, 0.15) is 12.5 Å². The zero-order valence-electron chi connectivity index (χ0n) is 9.70. The highest BCUT2D eigenvalue weighted by atomic mass is 127. The smallest absolute Gasteiger partial charge is 0.328 e. The van der Waals surface area contributed by atoms with Crippen molar-refractivity contribution in [2.75, 3.05) is 7.11 Å². The molecule has 0 aliphatic rings. The number of carbonyl (C=O) groups is 2. The summed E-state index contributed by atoms with van der Waals surface area (Å²) < 4.78 is 5.78. The molecule has 0 unspecified atom stereocenters. The molecule has 0 fully saturated rings. The Kier molecular flexibility index (Phi) is 5.40. The Hall–Kier alpha value is -1.11. The van der Waals surface area contributed by atoms with E-state index in [1.54, 1.807) is 0 Å². The molecule has 0 aliphatic carbocycles. The summed E-state index contributed by atoms with van der Waals surface area (Å²) in [6.07, 6.45) is 0.434. The molecule has 1 amide bonds. The lowest BCUT2D eigenvalue weighted by atomic mass is 10.1. The van der Waals surface area contributed by atoms with Gasteiger partial charge in [-0.15, -0.1) is 0 Å². The Labute approximate surface area is 114 Å². The van der Waals surface area contributed by atoms with Crippen molar-refractivity contribution in [2.45, 2.75) is 19.4 Å². The molecule has 5 heteroatoms. The number of benzene rings is 1. The molecule has 1 atom stereocenters. The molecule has 0 radical (unpaired) electrons. The topological polar surface area (TPSA) is 55.4 Å². The number of amides is 1. The Bertz CT molecular complexity index is 403. The van der Waals surface area contributed by atoms with Gasteiger partial charge in [-0.2, -0.15) is 0 Å². The van der Waals surface area contributed by atoms with E-state index in [4.69, 9.17) is 0 Å². The van der Waals surface area contributed by atoms with Crippen LogP contribution in [0, 0.1) is 3.57 Å². The lowest BCUT2D eigenvalue weighted by molar-refractivity contribution is -0.144. The average Bonchev–Trinajstić information content (AvgIpc) is 2.29. The van der Waals surface area contributed by atoms with Crippen LogP contribution in [0.3, 0.4) is 0 Å². The molecule has 92 valence electrons. The van der Waals surface area contributed by atoms with Gasteiger partial charge < -0.3 is 10.1 Å². The van der Waals surface area contributed by atoms with Crippen LogP contribution in [-0.2, 0) is 20.7 Å². The van der Waals surface area contributed by atoms with Crippen molar-refractivity contribution >= 4 is 34.5 Å². The van der Waals surface area contributed by atoms with E-state index in [2.05, 4.69) is 32.6 Å². The van der Waals surface area contributed by atoms with Crippen LogP contribution in [0.25, 0.3) is 0 Å². The van der Waals surface area contributed by atoms with E-state index in [0.29, 0.717) is 6.42 Å². The molecule has 1 aromatic rings. The van der Waals surface area contributed by atoms with Crippen molar-refractivity contribution in [1.29, 1.82) is 0 Å². The number of hydrogen-bond donors (Lipinski definition) is 1. The van der Waals surface area contributed by atoms with Gasteiger partial charge in [0.2, 0.25) is 5.91 Å². The minimum absolute atomic E-state index is 0.245. The van der Waals surface area contributed by atoms with Crippen molar-refractivity contribution in [2.24, 2.45) is 0 Å². The van der Waals surface area contributed by atoms with Crippen molar-refractivity contribution in [3.63, 3.8) is 0 Å². The van der Waals surface area contributed by atoms with Gasteiger partial charge >= 0.3 is 5.97 Å². The van der Waals surface area contributed by atoms with Crippen molar-refractivity contribution in [1.82, 2.24) is 5.32 Å². The fraction of sp³-hybridized carbons (Fsp3) is 0.333. The summed E-state index contributed by atoms with van der Waals surface area (Å²) in [5.74, 6) is -0.676. The minimum Gasteiger partial charge on any atom is -0.467 e. The lowest BCUT2D eigenvalue weighted by Gasteiger charge is -2.15. The number of rotatable bonds is 4. The second-order valence-electron chi connectivity index (χ2n) is 3.61. The van der Waals surface area contributed by atoms with Gasteiger partial charge in [-0.1, -0.05) is 12.1 Å². The van der Waals surface area contributed by atoms with Crippen LogP contribution in [0.2, 0.25) is 0 Å². The van der Waals surface area contributed by atoms with E-state index in [1.807, 2.05) is 24.3 Å². The SMILES string of the molecule is COC(=O)[C@@H](Cc1ccc(I)cc1)NC(C)=O. The third-order valence-electron chi connectivity index (χ3n) is 2.22. The molecule has 0 aliphatic heterocycles. The highest BCUT2D eigenvalue weighted by molar-refractivity contribution is 14.1. The van der Waals surface area contributed by atoms with E-state index in [9.17, 15) is 9.59 Å². The van der Waals surface area contributed by atoms with Gasteiger partial charge in [0.1, 0.15) is 6.04 Å². The maximum Gasteiger partial charge on any atom is 0.328 e. The van der Waals surface area contributed by atoms with Crippen molar-refractivity contribution in [3.8, 4) is 0 Å². The molecule has 4 nitrogen and oxygen atoms in total. The van der Waals surface area contributed by atoms with Gasteiger partial charge in [-0.05, 0) is 40.3 Å². The molecule has 0 saturated carbocycles. The van der Waals surface area contributed by atoms with Crippen LogP contribution in [0.5, 0.6) is 0 Å². The molecule has 0 aromatic heterocycles. The van der Waals surface area contributed by atoms with Gasteiger partial charge in [-0.3, -0.25) is 4.79 Å². The van der Waals surface area contributed by atoms with E-state index in [0.717, 1.165) is 9.13 Å². The standard InChI is InChI=1S/C12H14INO3/c1-8(15)14-11(12(16)17-2)7-9-3-5-10(13)6-4-9/h3-6,11H,7H2,1-2H3,(H,14,15)/t11-/m1/s1. The average molecular weight is 347 g/mol. The Balaban J connectivity index is 2.75. The van der Waals surface area contributed by atoms with Crippen LogP contribution in [0.4, 0.5) is 0 Å². The van der Waals surface area contributed by atoms with E-state index in [1.165, 1.54) is 14.0 Å². The third-order valence-corrected chi connectivity index (χ3v) is 2.94. The number of ether oxygens (including phenoxy) is 1. The first-order valence-electron chi connectivity index (χ1n) is 5.12. The largest absolute Gasteiger partial charge is 0.467 e. The van der Waals surface area contributed by atoms with Crippen molar-refractivity contribution in [3.05, 3.63) is 33.4 Å². The summed E-state index contributed by atoms with van der Waals surface area (Å²) in [4.78, 5) is 22.5. The third kappa shape index (κ3) is 4.72. The molecule has 17 heavy (non-hydrogen) atoms. The fourth-order valence-electron chi connectivity index (χ4n) is 1.44. The first kappa shape index (κ1) is 14.0. The molecular formula is C12H14INO3. The summed E-state index contributed by atoms with van der Waals surface area (Å²) in [5, 5.41) is 2.58. The molecule has 0 heterocycles. The predicted molar refractivity (Wildman–Crippen MR) is 72.5 cm³/mol. The Morgan fingerprint density at radius 2 is 1.94 bits per heavy atom. The molecule has 1 rings (SSSR count). The quantitative estimate of drug-likeness (QED) is 0.664. The molecule has 1 aromatic carbocycles. The van der Waals surface area contributed by atoms with E-state index in [-0.39, 0.29) is 5.91 Å². The fourth-order valence-corrected chi connectivity index (χ4v) is 1.80. The number of carbonyl (C=O) groups excluding carboxylic acids is 2. The van der Waals surface area contributed by atoms with Crippen LogP contribution in [-0.4, -0.2) is 25.0 Å². The molecular weight excluding hydrogens is 333 g/mol. The molecule has 0 spiro atoms. The van der Waals surface area contributed by atoms with Gasteiger partial charge in [0, 0.05) is 16.9 Å². The maximum atomic E-state index is 11.5. The van der Waals surface area contributed by atoms with Crippen LogP contribution in [0.15, 0.2) is 24.3 Å². The summed E-state index contributed by atoms with van der Waals surface area (Å²) >= 11 is 2.21. The maximum absolute atomic E-state index is 11.5. The summed E-state index contributed by atoms with van der Waals surface area (Å²) in [5.41, 5.74) is 0.981. The summed E-state index contributed by atoms with van der Waals surface area (Å²) in [6, 6.07) is 7.15. The Morgan fingerprint density at radius 1 is 1.35 bits per heavy atom. The summed E-state index contributed by atoms with van der Waals surface area (Å²) in [7, 11) is 1.31. The normalized spacial score (nSPS) is 11.7. The number of methoxy groups -OCH3 is 1. The number of nitrogens with one attached hydrogen (secondary N) is 1. The van der Waals surface area contributed by atoms with Crippen molar-refractivity contribution < 1.29 is 14.3 Å². The van der Waals surface area contributed by atoms with Gasteiger partial charge in [0.05, 0.1) is 7.11 Å². The number of hydrogen-bond acceptors (Lipinski definition) is 3. The highest BCUT2D eigenvalue weighted by Crippen LogP contribution is 2.09. The zero-order chi connectivity index (χ0) is 12.8. The second kappa shape index (κ2) is 6.58. The number of esters is 1. The first-order chi connectivity index (χ1) is 8.02. The van der Waals surface area contributed by atoms with Crippen LogP contribution < -0.4 is 5.32 Å². The van der Waals surface area contributed by atoms with E-state index < -0.39 is 12.0 Å². The van der Waals surface area contributed by atoms with Gasteiger partial charge in [0.25, 0.3) is 0 Å². The van der Waals surface area contributed by atoms with Gasteiger partial charge in [0.15, 0.2) is 0 Å². The first-order valence-corrected chi connectivity index (χ1v) is 6.20. The molecule has 1 N–H and O–H groups in total. The Morgan fingerprint density at radius 3 is 2.41 bits per heavy atom. The van der Waals surface area contributed by atoms with Crippen LogP contribution >= 0.6 is 22.6 Å². The highest BCUT2D eigenvalue weighted by Gasteiger charge is 2.20. The lowest BCUT2D eigenvalue weighted by Crippen LogP contribution is -2.41. The zero-order valence-corrected chi connectivity index (χ0v) is 11.9. The minimum atomic E-state index is -0.627. The predicted octanol–water partition coefficient (Wildman–Crippen LogP) is 1.51. The number of halogens is 1. The summed E-state index contributed by atoms with van der Waals surface area (Å²) in [6.45, 7) is 1.38. The molecule has 0 saturated heterocycles. The monoisotopic (exact) mass is 347 g/mol. The van der Waals surface area contributed by atoms with Gasteiger partial charge in [-0.25, -0.2) is 4.79 Å².